The summed E-state index contributed by atoms with van der Waals surface area (Å²) in [7, 11) is 1.87. The number of ether oxygens (including phenoxy) is 1. The summed E-state index contributed by atoms with van der Waals surface area (Å²) < 4.78 is 7.76. The average molecular weight is 399 g/mol. The first-order chi connectivity index (χ1) is 13.5. The summed E-state index contributed by atoms with van der Waals surface area (Å²) in [5.41, 5.74) is 1.93. The van der Waals surface area contributed by atoms with Crippen LogP contribution < -0.4 is 10.1 Å². The van der Waals surface area contributed by atoms with E-state index in [9.17, 15) is 9.59 Å². The van der Waals surface area contributed by atoms with Crippen molar-refractivity contribution in [1.29, 1.82) is 0 Å². The van der Waals surface area contributed by atoms with Crippen LogP contribution in [0.3, 0.4) is 0 Å². The second-order valence-electron chi connectivity index (χ2n) is 6.58. The lowest BCUT2D eigenvalue weighted by Gasteiger charge is -2.10. The minimum Gasteiger partial charge on any atom is -0.487 e. The van der Waals surface area contributed by atoms with Crippen molar-refractivity contribution in [2.24, 2.45) is 7.05 Å². The van der Waals surface area contributed by atoms with Crippen LogP contribution in [0.5, 0.6) is 5.75 Å². The Bertz CT molecular complexity index is 993. The summed E-state index contributed by atoms with van der Waals surface area (Å²) >= 11 is 5.91. The molecule has 0 radical (unpaired) electrons. The van der Waals surface area contributed by atoms with Crippen LogP contribution >= 0.6 is 11.6 Å². The smallest absolute Gasteiger partial charge is 0.292 e. The molecule has 0 unspecified atom stereocenters. The molecule has 0 aliphatic carbocycles. The largest absolute Gasteiger partial charge is 0.487 e. The van der Waals surface area contributed by atoms with Gasteiger partial charge in [0.2, 0.25) is 0 Å². The molecule has 0 aliphatic rings. The fourth-order valence-electron chi connectivity index (χ4n) is 3.12. The van der Waals surface area contributed by atoms with Gasteiger partial charge < -0.3 is 14.6 Å². The number of aryl methyl sites for hydroxylation is 1. The number of aromatic nitrogens is 1. The number of ketones is 1. The predicted octanol–water partition coefficient (Wildman–Crippen LogP) is 4.51. The van der Waals surface area contributed by atoms with E-state index in [0.29, 0.717) is 28.6 Å². The van der Waals surface area contributed by atoms with E-state index in [0.717, 1.165) is 23.7 Å². The normalized spacial score (nSPS) is 10.8. The van der Waals surface area contributed by atoms with E-state index in [-0.39, 0.29) is 6.61 Å². The van der Waals surface area contributed by atoms with Crippen LogP contribution in [-0.4, -0.2) is 22.8 Å². The second-order valence-corrected chi connectivity index (χ2v) is 7.02. The Balaban J connectivity index is 1.93. The Morgan fingerprint density at radius 2 is 1.82 bits per heavy atom. The van der Waals surface area contributed by atoms with Crippen LogP contribution in [0.15, 0.2) is 48.5 Å². The Labute approximate surface area is 169 Å². The highest BCUT2D eigenvalue weighted by molar-refractivity contribution is 6.45. The molecular formula is C22H23ClN2O3. The van der Waals surface area contributed by atoms with Crippen molar-refractivity contribution in [2.45, 2.75) is 26.4 Å². The van der Waals surface area contributed by atoms with Gasteiger partial charge in [-0.1, -0.05) is 43.1 Å². The third-order valence-corrected chi connectivity index (χ3v) is 4.92. The molecule has 0 saturated heterocycles. The van der Waals surface area contributed by atoms with E-state index in [1.165, 1.54) is 0 Å². The lowest BCUT2D eigenvalue weighted by Crippen LogP contribution is -2.32. The van der Waals surface area contributed by atoms with Crippen molar-refractivity contribution in [1.82, 2.24) is 9.88 Å². The Morgan fingerprint density at radius 3 is 2.54 bits per heavy atom. The van der Waals surface area contributed by atoms with E-state index in [1.54, 1.807) is 24.3 Å². The lowest BCUT2D eigenvalue weighted by atomic mass is 10.1. The number of carbonyl (C=O) groups is 2. The van der Waals surface area contributed by atoms with E-state index in [4.69, 9.17) is 16.3 Å². The maximum absolute atomic E-state index is 12.9. The van der Waals surface area contributed by atoms with E-state index < -0.39 is 11.7 Å². The van der Waals surface area contributed by atoms with E-state index >= 15 is 0 Å². The summed E-state index contributed by atoms with van der Waals surface area (Å²) in [4.78, 5) is 25.4. The number of hydrogen-bond acceptors (Lipinski definition) is 3. The maximum atomic E-state index is 12.9. The molecule has 0 bridgehead atoms. The van der Waals surface area contributed by atoms with Gasteiger partial charge in [-0.05, 0) is 36.8 Å². The van der Waals surface area contributed by atoms with Crippen LogP contribution in [0.25, 0.3) is 10.9 Å². The van der Waals surface area contributed by atoms with Crippen LogP contribution in [0.2, 0.25) is 5.02 Å². The van der Waals surface area contributed by atoms with Crippen LogP contribution in [0, 0.1) is 0 Å². The van der Waals surface area contributed by atoms with Gasteiger partial charge in [-0.15, -0.1) is 0 Å². The minimum atomic E-state index is -0.586. The molecular weight excluding hydrogens is 376 g/mol. The molecule has 5 nitrogen and oxygen atoms in total. The van der Waals surface area contributed by atoms with Crippen molar-refractivity contribution in [3.8, 4) is 5.75 Å². The van der Waals surface area contributed by atoms with Crippen LogP contribution in [0.4, 0.5) is 0 Å². The van der Waals surface area contributed by atoms with Gasteiger partial charge in [0.1, 0.15) is 12.4 Å². The number of carbonyl (C=O) groups excluding carboxylic acids is 2. The molecule has 1 amide bonds. The first kappa shape index (κ1) is 20.0. The third-order valence-electron chi connectivity index (χ3n) is 4.67. The highest BCUT2D eigenvalue weighted by atomic mass is 35.5. The van der Waals surface area contributed by atoms with Crippen LogP contribution in [-0.2, 0) is 18.4 Å². The van der Waals surface area contributed by atoms with Crippen molar-refractivity contribution >= 4 is 34.2 Å². The first-order valence-electron chi connectivity index (χ1n) is 9.30. The summed E-state index contributed by atoms with van der Waals surface area (Å²) in [6.45, 7) is 2.68. The van der Waals surface area contributed by atoms with Gasteiger partial charge in [-0.2, -0.15) is 0 Å². The van der Waals surface area contributed by atoms with Gasteiger partial charge in [-0.25, -0.2) is 0 Å². The molecule has 0 fully saturated rings. The SMILES string of the molecule is CCCCNC(=O)C(=O)c1c(COc2ccc(Cl)cc2)n(C)c2ccccc12. The number of hydrogen-bond donors (Lipinski definition) is 1. The van der Waals surface area contributed by atoms with Crippen molar-refractivity contribution in [3.63, 3.8) is 0 Å². The van der Waals surface area contributed by atoms with E-state index in [1.807, 2.05) is 42.8 Å². The molecule has 2 aromatic carbocycles. The first-order valence-corrected chi connectivity index (χ1v) is 9.68. The molecule has 1 heterocycles. The minimum absolute atomic E-state index is 0.163. The van der Waals surface area contributed by atoms with Gasteiger partial charge in [0.15, 0.2) is 0 Å². The average Bonchev–Trinajstić information content (AvgIpc) is 2.99. The molecule has 3 rings (SSSR count). The number of fused-ring (bicyclic) bond motifs is 1. The van der Waals surface area contributed by atoms with Crippen molar-refractivity contribution < 1.29 is 14.3 Å². The molecule has 1 aromatic heterocycles. The van der Waals surface area contributed by atoms with Gasteiger partial charge >= 0.3 is 0 Å². The Kier molecular flexibility index (Phi) is 6.37. The topological polar surface area (TPSA) is 60.3 Å². The van der Waals surface area contributed by atoms with Crippen molar-refractivity contribution in [2.75, 3.05) is 6.54 Å². The Morgan fingerprint density at radius 1 is 1.11 bits per heavy atom. The highest BCUT2D eigenvalue weighted by Gasteiger charge is 2.26. The molecule has 1 N–H and O–H groups in total. The summed E-state index contributed by atoms with van der Waals surface area (Å²) in [5.74, 6) is -0.486. The predicted molar refractivity (Wildman–Crippen MR) is 111 cm³/mol. The lowest BCUT2D eigenvalue weighted by molar-refractivity contribution is -0.117. The number of nitrogens with zero attached hydrogens (tertiary/aromatic N) is 1. The number of unbranched alkanes of at least 4 members (excludes halogenated alkanes) is 1. The number of benzene rings is 2. The fraction of sp³-hybridized carbons (Fsp3) is 0.273. The van der Waals surface area contributed by atoms with Gasteiger partial charge in [0.25, 0.3) is 11.7 Å². The number of nitrogens with one attached hydrogen (secondary N) is 1. The fourth-order valence-corrected chi connectivity index (χ4v) is 3.25. The monoisotopic (exact) mass is 398 g/mol. The zero-order valence-electron chi connectivity index (χ0n) is 16.0. The number of rotatable bonds is 8. The molecule has 146 valence electrons. The molecule has 0 aliphatic heterocycles. The van der Waals surface area contributed by atoms with Crippen LogP contribution in [0.1, 0.15) is 35.8 Å². The Hall–Kier alpha value is -2.79. The number of Topliss-reactive ketones (excluding diaryl/α,β-unsaturated/α-hetero) is 1. The number of halogens is 1. The zero-order chi connectivity index (χ0) is 20.1. The number of amides is 1. The molecule has 6 heteroatoms. The number of para-hydroxylation sites is 1. The summed E-state index contributed by atoms with van der Waals surface area (Å²) in [6, 6.07) is 14.6. The molecule has 28 heavy (non-hydrogen) atoms. The van der Waals surface area contributed by atoms with Crippen molar-refractivity contribution in [3.05, 3.63) is 64.8 Å². The third kappa shape index (κ3) is 4.20. The second kappa shape index (κ2) is 8.93. The highest BCUT2D eigenvalue weighted by Crippen LogP contribution is 2.27. The van der Waals surface area contributed by atoms with Gasteiger partial charge in [-0.3, -0.25) is 9.59 Å². The van der Waals surface area contributed by atoms with Gasteiger partial charge in [0, 0.05) is 29.5 Å². The standard InChI is InChI=1S/C22H23ClN2O3/c1-3-4-13-24-22(27)21(26)20-17-7-5-6-8-18(17)25(2)19(20)14-28-16-11-9-15(23)10-12-16/h5-12H,3-4,13-14H2,1-2H3,(H,24,27). The molecule has 0 atom stereocenters. The van der Waals surface area contributed by atoms with Gasteiger partial charge in [0.05, 0.1) is 11.3 Å². The maximum Gasteiger partial charge on any atom is 0.292 e. The molecule has 0 spiro atoms. The zero-order valence-corrected chi connectivity index (χ0v) is 16.8. The quantitative estimate of drug-likeness (QED) is 0.345. The molecule has 0 saturated carbocycles. The summed E-state index contributed by atoms with van der Waals surface area (Å²) in [5, 5.41) is 4.08. The van der Waals surface area contributed by atoms with E-state index in [2.05, 4.69) is 5.32 Å². The molecule has 3 aromatic rings. The summed E-state index contributed by atoms with van der Waals surface area (Å²) in [6.07, 6.45) is 1.78.